The number of amides is 1. The number of aliphatic hydroxyl groups excluding tert-OH is 1. The van der Waals surface area contributed by atoms with Gasteiger partial charge in [-0.1, -0.05) is 30.3 Å². The van der Waals surface area contributed by atoms with Crippen LogP contribution in [0.15, 0.2) is 72.3 Å². The zero-order valence-electron chi connectivity index (χ0n) is 19.9. The van der Waals surface area contributed by atoms with E-state index < -0.39 is 17.7 Å². The Morgan fingerprint density at radius 3 is 2.50 bits per heavy atom. The number of hydrogen-bond donors (Lipinski definition) is 2. The third-order valence-electron chi connectivity index (χ3n) is 6.04. The van der Waals surface area contributed by atoms with Crippen LogP contribution in [0.4, 0.5) is 4.39 Å². The Morgan fingerprint density at radius 1 is 1.06 bits per heavy atom. The summed E-state index contributed by atoms with van der Waals surface area (Å²) in [6.07, 6.45) is 0.361. The average Bonchev–Trinajstić information content (AvgIpc) is 3.14. The van der Waals surface area contributed by atoms with Gasteiger partial charge in [0, 0.05) is 12.1 Å². The molecular weight excluding hydrogens is 465 g/mol. The van der Waals surface area contributed by atoms with Crippen LogP contribution in [0.2, 0.25) is 0 Å². The van der Waals surface area contributed by atoms with Crippen molar-refractivity contribution in [1.29, 1.82) is 0 Å². The molecule has 1 atom stereocenters. The molecule has 7 nitrogen and oxygen atoms in total. The highest BCUT2D eigenvalue weighted by Crippen LogP contribution is 2.42. The summed E-state index contributed by atoms with van der Waals surface area (Å²) in [5.74, 6) is -1.72. The van der Waals surface area contributed by atoms with E-state index in [2.05, 4.69) is 0 Å². The van der Waals surface area contributed by atoms with Crippen molar-refractivity contribution < 1.29 is 33.7 Å². The normalized spacial score (nSPS) is 16.9. The van der Waals surface area contributed by atoms with Crippen molar-refractivity contribution in [3.05, 3.63) is 94.8 Å². The first-order chi connectivity index (χ1) is 17.3. The third-order valence-corrected chi connectivity index (χ3v) is 6.04. The lowest BCUT2D eigenvalue weighted by atomic mass is 9.94. The van der Waals surface area contributed by atoms with Crippen LogP contribution in [-0.2, 0) is 16.0 Å². The van der Waals surface area contributed by atoms with Crippen LogP contribution >= 0.6 is 0 Å². The number of methoxy groups -OCH3 is 1. The van der Waals surface area contributed by atoms with Crippen LogP contribution in [0.1, 0.15) is 29.7 Å². The fraction of sp³-hybridized carbons (Fsp3) is 0.214. The largest absolute Gasteiger partial charge is 0.507 e. The number of rotatable bonds is 8. The zero-order chi connectivity index (χ0) is 25.8. The molecule has 0 aromatic heterocycles. The van der Waals surface area contributed by atoms with Gasteiger partial charge in [-0.05, 0) is 60.9 Å². The first-order valence-corrected chi connectivity index (χ1v) is 11.5. The van der Waals surface area contributed by atoms with Crippen LogP contribution in [0, 0.1) is 5.82 Å². The number of nitrogens with zero attached hydrogens (tertiary/aromatic N) is 1. The summed E-state index contributed by atoms with van der Waals surface area (Å²) in [5, 5.41) is 21.4. The number of likely N-dealkylation sites (tertiary alicyclic amines) is 1. The maximum Gasteiger partial charge on any atom is 0.295 e. The molecule has 36 heavy (non-hydrogen) atoms. The number of ether oxygens (including phenoxy) is 2. The second-order valence-electron chi connectivity index (χ2n) is 8.26. The Balaban J connectivity index is 1.81. The molecule has 1 amide bonds. The van der Waals surface area contributed by atoms with E-state index in [1.165, 1.54) is 30.2 Å². The number of ketones is 1. The Morgan fingerprint density at radius 2 is 1.81 bits per heavy atom. The predicted octanol–water partition coefficient (Wildman–Crippen LogP) is 4.60. The van der Waals surface area contributed by atoms with Crippen LogP contribution in [0.3, 0.4) is 0 Å². The predicted molar refractivity (Wildman–Crippen MR) is 131 cm³/mol. The van der Waals surface area contributed by atoms with E-state index in [9.17, 15) is 24.2 Å². The van der Waals surface area contributed by atoms with Gasteiger partial charge in [0.2, 0.25) is 0 Å². The fourth-order valence-electron chi connectivity index (χ4n) is 4.26. The molecule has 0 aliphatic carbocycles. The van der Waals surface area contributed by atoms with Gasteiger partial charge in [-0.2, -0.15) is 0 Å². The highest BCUT2D eigenvalue weighted by Gasteiger charge is 2.46. The zero-order valence-corrected chi connectivity index (χ0v) is 19.9. The standard InChI is InChI=1S/C28H26FNO6/c1-3-36-23-16-18(9-12-22(23)31)25-24(26(32)19-5-4-6-21(15-19)35-2)27(33)28(34)30(25)14-13-17-7-10-20(29)11-8-17/h4-12,15-16,25,31-32H,3,13-14H2,1-2H3/b26-24-. The van der Waals surface area contributed by atoms with Gasteiger partial charge in [-0.15, -0.1) is 0 Å². The van der Waals surface area contributed by atoms with E-state index in [4.69, 9.17) is 9.47 Å². The van der Waals surface area contributed by atoms with Crippen LogP contribution in [0.25, 0.3) is 5.76 Å². The highest BCUT2D eigenvalue weighted by atomic mass is 19.1. The molecule has 3 aromatic rings. The molecule has 1 heterocycles. The smallest absolute Gasteiger partial charge is 0.295 e. The minimum Gasteiger partial charge on any atom is -0.507 e. The van der Waals surface area contributed by atoms with Gasteiger partial charge < -0.3 is 24.6 Å². The summed E-state index contributed by atoms with van der Waals surface area (Å²) in [6.45, 7) is 2.20. The average molecular weight is 492 g/mol. The SMILES string of the molecule is CCOc1cc(C2/C(=C(/O)c3cccc(OC)c3)C(=O)C(=O)N2CCc2ccc(F)cc2)ccc1O. The van der Waals surface area contributed by atoms with E-state index in [0.717, 1.165) is 5.56 Å². The molecule has 0 saturated carbocycles. The van der Waals surface area contributed by atoms with E-state index in [0.29, 0.717) is 29.9 Å². The molecule has 8 heteroatoms. The number of carbonyl (C=O) groups excluding carboxylic acids is 2. The second kappa shape index (κ2) is 10.5. The number of hydrogen-bond acceptors (Lipinski definition) is 6. The van der Waals surface area contributed by atoms with Crippen molar-refractivity contribution in [2.75, 3.05) is 20.3 Å². The lowest BCUT2D eigenvalue weighted by Gasteiger charge is -2.26. The van der Waals surface area contributed by atoms with E-state index in [1.807, 2.05) is 0 Å². The molecule has 0 bridgehead atoms. The Hall–Kier alpha value is -4.33. The molecule has 4 rings (SSSR count). The van der Waals surface area contributed by atoms with Gasteiger partial charge in [0.1, 0.15) is 17.3 Å². The van der Waals surface area contributed by atoms with Gasteiger partial charge in [0.25, 0.3) is 11.7 Å². The van der Waals surface area contributed by atoms with Crippen LogP contribution in [0.5, 0.6) is 17.2 Å². The molecule has 186 valence electrons. The van der Waals surface area contributed by atoms with Crippen molar-refractivity contribution in [2.45, 2.75) is 19.4 Å². The van der Waals surface area contributed by atoms with Crippen LogP contribution < -0.4 is 9.47 Å². The Kier molecular flexibility index (Phi) is 7.24. The molecule has 1 aliphatic heterocycles. The molecular formula is C28H26FNO6. The van der Waals surface area contributed by atoms with E-state index in [-0.39, 0.29) is 35.2 Å². The molecule has 2 N–H and O–H groups in total. The van der Waals surface area contributed by atoms with Crippen molar-refractivity contribution in [3.63, 3.8) is 0 Å². The van der Waals surface area contributed by atoms with Crippen molar-refractivity contribution in [1.82, 2.24) is 4.90 Å². The lowest BCUT2D eigenvalue weighted by molar-refractivity contribution is -0.139. The van der Waals surface area contributed by atoms with Crippen molar-refractivity contribution in [2.24, 2.45) is 0 Å². The third kappa shape index (κ3) is 4.88. The maximum atomic E-state index is 13.3. The lowest BCUT2D eigenvalue weighted by Crippen LogP contribution is -2.31. The van der Waals surface area contributed by atoms with Gasteiger partial charge in [0.05, 0.1) is 25.3 Å². The van der Waals surface area contributed by atoms with Gasteiger partial charge >= 0.3 is 0 Å². The minimum atomic E-state index is -0.934. The molecule has 1 unspecified atom stereocenters. The minimum absolute atomic E-state index is 0.0829. The molecule has 1 saturated heterocycles. The number of benzene rings is 3. The number of phenolic OH excluding ortho intramolecular Hbond substituents is 1. The summed E-state index contributed by atoms with van der Waals surface area (Å²) in [7, 11) is 1.49. The van der Waals surface area contributed by atoms with Gasteiger partial charge in [-0.3, -0.25) is 9.59 Å². The highest BCUT2D eigenvalue weighted by molar-refractivity contribution is 6.46. The number of halogens is 1. The topological polar surface area (TPSA) is 96.3 Å². The summed E-state index contributed by atoms with van der Waals surface area (Å²) >= 11 is 0. The quantitative estimate of drug-likeness (QED) is 0.272. The van der Waals surface area contributed by atoms with Gasteiger partial charge in [0.15, 0.2) is 11.5 Å². The molecule has 0 spiro atoms. The monoisotopic (exact) mass is 491 g/mol. The first kappa shape index (κ1) is 24.8. The number of aromatic hydroxyl groups is 1. The summed E-state index contributed by atoms with van der Waals surface area (Å²) in [5.41, 5.74) is 1.50. The van der Waals surface area contributed by atoms with E-state index >= 15 is 0 Å². The van der Waals surface area contributed by atoms with Crippen LogP contribution in [-0.4, -0.2) is 47.1 Å². The number of phenols is 1. The number of aliphatic hydroxyl groups is 1. The Bertz CT molecular complexity index is 1320. The summed E-state index contributed by atoms with van der Waals surface area (Å²) in [4.78, 5) is 27.8. The number of carbonyl (C=O) groups is 2. The fourth-order valence-corrected chi connectivity index (χ4v) is 4.26. The first-order valence-electron chi connectivity index (χ1n) is 11.5. The van der Waals surface area contributed by atoms with Crippen molar-refractivity contribution in [3.8, 4) is 17.2 Å². The Labute approximate surface area is 208 Å². The number of Topliss-reactive ketones (excluding diaryl/α,β-unsaturated/α-hetero) is 1. The summed E-state index contributed by atoms with van der Waals surface area (Å²) in [6, 6.07) is 16.1. The molecule has 0 radical (unpaired) electrons. The van der Waals surface area contributed by atoms with Gasteiger partial charge in [-0.25, -0.2) is 4.39 Å². The molecule has 1 aliphatic rings. The summed E-state index contributed by atoms with van der Waals surface area (Å²) < 4.78 is 24.1. The van der Waals surface area contributed by atoms with Crippen molar-refractivity contribution >= 4 is 17.4 Å². The van der Waals surface area contributed by atoms with E-state index in [1.54, 1.807) is 55.5 Å². The molecule has 3 aromatic carbocycles. The second-order valence-corrected chi connectivity index (χ2v) is 8.26. The maximum absolute atomic E-state index is 13.3. The molecule has 1 fully saturated rings.